The van der Waals surface area contributed by atoms with Crippen molar-refractivity contribution in [3.8, 4) is 0 Å². The summed E-state index contributed by atoms with van der Waals surface area (Å²) in [6.45, 7) is 4.84. The van der Waals surface area contributed by atoms with Gasteiger partial charge in [0.2, 0.25) is 11.8 Å². The van der Waals surface area contributed by atoms with Crippen molar-refractivity contribution in [3.63, 3.8) is 0 Å². The van der Waals surface area contributed by atoms with Gasteiger partial charge in [0.1, 0.15) is 0 Å². The molecule has 0 spiro atoms. The van der Waals surface area contributed by atoms with Crippen LogP contribution in [0.25, 0.3) is 0 Å². The Kier molecular flexibility index (Phi) is 6.32. The highest BCUT2D eigenvalue weighted by Gasteiger charge is 2.23. The Morgan fingerprint density at radius 2 is 1.84 bits per heavy atom. The van der Waals surface area contributed by atoms with Crippen LogP contribution in [0, 0.1) is 0 Å². The Labute approximate surface area is 113 Å². The lowest BCUT2D eigenvalue weighted by Crippen LogP contribution is -2.46. The number of nitrogens with zero attached hydrogens (tertiary/aromatic N) is 1. The van der Waals surface area contributed by atoms with E-state index in [-0.39, 0.29) is 36.7 Å². The zero-order valence-corrected chi connectivity index (χ0v) is 11.6. The van der Waals surface area contributed by atoms with Gasteiger partial charge in [-0.2, -0.15) is 0 Å². The molecule has 1 aliphatic rings. The summed E-state index contributed by atoms with van der Waals surface area (Å²) in [7, 11) is 0. The van der Waals surface area contributed by atoms with E-state index in [2.05, 4.69) is 5.32 Å². The molecule has 0 aromatic rings. The molecule has 2 amide bonds. The Balaban J connectivity index is 2.25. The molecule has 0 aromatic heterocycles. The fourth-order valence-electron chi connectivity index (χ4n) is 2.16. The van der Waals surface area contributed by atoms with Gasteiger partial charge in [-0.25, -0.2) is 0 Å². The molecule has 0 atom stereocenters. The normalized spacial score (nSPS) is 16.0. The second kappa shape index (κ2) is 7.76. The van der Waals surface area contributed by atoms with Crippen molar-refractivity contribution in [1.29, 1.82) is 0 Å². The van der Waals surface area contributed by atoms with Gasteiger partial charge in [0.15, 0.2) is 0 Å². The van der Waals surface area contributed by atoms with E-state index in [4.69, 9.17) is 4.74 Å². The van der Waals surface area contributed by atoms with Crippen LogP contribution in [-0.4, -0.2) is 48.4 Å². The molecule has 1 saturated heterocycles. The minimum absolute atomic E-state index is 0.0191. The smallest absolute Gasteiger partial charge is 0.306 e. The summed E-state index contributed by atoms with van der Waals surface area (Å²) in [6.07, 6.45) is 1.87. The maximum absolute atomic E-state index is 11.9. The zero-order chi connectivity index (χ0) is 14.3. The van der Waals surface area contributed by atoms with Crippen molar-refractivity contribution in [1.82, 2.24) is 10.2 Å². The van der Waals surface area contributed by atoms with E-state index in [1.54, 1.807) is 11.8 Å². The predicted molar refractivity (Wildman–Crippen MR) is 69.3 cm³/mol. The molecule has 0 aliphatic carbocycles. The summed E-state index contributed by atoms with van der Waals surface area (Å²) < 4.78 is 4.78. The number of nitrogens with one attached hydrogen (secondary N) is 1. The Morgan fingerprint density at radius 3 is 2.37 bits per heavy atom. The summed E-state index contributed by atoms with van der Waals surface area (Å²) in [5.74, 6) is -0.384. The number of amides is 2. The topological polar surface area (TPSA) is 75.7 Å². The molecular weight excluding hydrogens is 248 g/mol. The lowest BCUT2D eigenvalue weighted by Gasteiger charge is -2.32. The van der Waals surface area contributed by atoms with Gasteiger partial charge in [-0.15, -0.1) is 0 Å². The van der Waals surface area contributed by atoms with E-state index in [0.29, 0.717) is 19.7 Å². The van der Waals surface area contributed by atoms with E-state index < -0.39 is 0 Å². The lowest BCUT2D eigenvalue weighted by atomic mass is 10.0. The molecule has 1 fully saturated rings. The number of piperidine rings is 1. The quantitative estimate of drug-likeness (QED) is 0.736. The average Bonchev–Trinajstić information content (AvgIpc) is 2.36. The van der Waals surface area contributed by atoms with Crippen LogP contribution < -0.4 is 5.32 Å². The van der Waals surface area contributed by atoms with E-state index in [9.17, 15) is 14.4 Å². The number of ether oxygens (including phenoxy) is 1. The number of esters is 1. The van der Waals surface area contributed by atoms with Gasteiger partial charge in [0.05, 0.1) is 13.0 Å². The first-order chi connectivity index (χ1) is 9.02. The van der Waals surface area contributed by atoms with E-state index in [1.165, 1.54) is 6.92 Å². The second-order valence-electron chi connectivity index (χ2n) is 4.66. The summed E-state index contributed by atoms with van der Waals surface area (Å²) in [5, 5.41) is 2.86. The maximum Gasteiger partial charge on any atom is 0.306 e. The van der Waals surface area contributed by atoms with Crippen molar-refractivity contribution < 1.29 is 19.1 Å². The fourth-order valence-corrected chi connectivity index (χ4v) is 2.16. The first kappa shape index (κ1) is 15.5. The molecule has 0 aromatic carbocycles. The van der Waals surface area contributed by atoms with Crippen LogP contribution in [0.4, 0.5) is 0 Å². The van der Waals surface area contributed by atoms with Crippen molar-refractivity contribution in [3.05, 3.63) is 0 Å². The number of carbonyl (C=O) groups is 3. The van der Waals surface area contributed by atoms with Gasteiger partial charge >= 0.3 is 5.97 Å². The third-order valence-corrected chi connectivity index (χ3v) is 3.10. The second-order valence-corrected chi connectivity index (χ2v) is 4.66. The molecule has 0 saturated carbocycles. The maximum atomic E-state index is 11.9. The number of hydrogen-bond acceptors (Lipinski definition) is 4. The van der Waals surface area contributed by atoms with Crippen molar-refractivity contribution >= 4 is 17.8 Å². The standard InChI is InChI=1S/C13H22N2O4/c1-3-19-13(18)5-4-12(17)15-8-6-11(7-9-15)14-10(2)16/h11H,3-9H2,1-2H3,(H,14,16). The molecule has 6 heteroatoms. The van der Waals surface area contributed by atoms with Gasteiger partial charge in [-0.1, -0.05) is 0 Å². The lowest BCUT2D eigenvalue weighted by molar-refractivity contribution is -0.146. The average molecular weight is 270 g/mol. The van der Waals surface area contributed by atoms with E-state index >= 15 is 0 Å². The number of rotatable bonds is 5. The van der Waals surface area contributed by atoms with Crippen LogP contribution in [-0.2, 0) is 19.1 Å². The molecule has 1 rings (SSSR count). The fraction of sp³-hybridized carbons (Fsp3) is 0.769. The Hall–Kier alpha value is -1.59. The third-order valence-electron chi connectivity index (χ3n) is 3.10. The Bertz CT molecular complexity index is 336. The molecule has 6 nitrogen and oxygen atoms in total. The van der Waals surface area contributed by atoms with Crippen LogP contribution in [0.15, 0.2) is 0 Å². The van der Waals surface area contributed by atoms with Crippen molar-refractivity contribution in [2.45, 2.75) is 45.6 Å². The van der Waals surface area contributed by atoms with E-state index in [1.807, 2.05) is 0 Å². The van der Waals surface area contributed by atoms with Crippen LogP contribution >= 0.6 is 0 Å². The monoisotopic (exact) mass is 270 g/mol. The van der Waals surface area contributed by atoms with Gasteiger partial charge in [-0.3, -0.25) is 14.4 Å². The van der Waals surface area contributed by atoms with Crippen LogP contribution in [0.5, 0.6) is 0 Å². The first-order valence-corrected chi connectivity index (χ1v) is 6.73. The molecule has 0 unspecified atom stereocenters. The molecule has 1 N–H and O–H groups in total. The predicted octanol–water partition coefficient (Wildman–Crippen LogP) is 0.457. The SMILES string of the molecule is CCOC(=O)CCC(=O)N1CCC(NC(C)=O)CC1. The number of likely N-dealkylation sites (tertiary alicyclic amines) is 1. The molecule has 1 aliphatic heterocycles. The number of carbonyl (C=O) groups excluding carboxylic acids is 3. The number of hydrogen-bond donors (Lipinski definition) is 1. The van der Waals surface area contributed by atoms with Gasteiger partial charge in [0.25, 0.3) is 0 Å². The van der Waals surface area contributed by atoms with Gasteiger partial charge < -0.3 is 15.0 Å². The zero-order valence-electron chi connectivity index (χ0n) is 11.6. The molecule has 0 bridgehead atoms. The Morgan fingerprint density at radius 1 is 1.21 bits per heavy atom. The van der Waals surface area contributed by atoms with E-state index in [0.717, 1.165) is 12.8 Å². The highest BCUT2D eigenvalue weighted by atomic mass is 16.5. The first-order valence-electron chi connectivity index (χ1n) is 6.73. The summed E-state index contributed by atoms with van der Waals surface area (Å²) in [4.78, 5) is 35.7. The molecule has 108 valence electrons. The molecule has 0 radical (unpaired) electrons. The minimum atomic E-state index is -0.330. The van der Waals surface area contributed by atoms with Gasteiger partial charge in [-0.05, 0) is 19.8 Å². The van der Waals surface area contributed by atoms with Crippen molar-refractivity contribution in [2.75, 3.05) is 19.7 Å². The highest BCUT2D eigenvalue weighted by molar-refractivity contribution is 5.81. The minimum Gasteiger partial charge on any atom is -0.466 e. The molecule has 19 heavy (non-hydrogen) atoms. The largest absolute Gasteiger partial charge is 0.466 e. The molecular formula is C13H22N2O4. The van der Waals surface area contributed by atoms with Gasteiger partial charge in [0, 0.05) is 32.5 Å². The summed E-state index contributed by atoms with van der Waals surface area (Å²) in [6, 6.07) is 0.159. The highest BCUT2D eigenvalue weighted by Crippen LogP contribution is 2.12. The molecule has 1 heterocycles. The van der Waals surface area contributed by atoms with Crippen LogP contribution in [0.1, 0.15) is 39.5 Å². The van der Waals surface area contributed by atoms with Crippen LogP contribution in [0.2, 0.25) is 0 Å². The third kappa shape index (κ3) is 5.72. The van der Waals surface area contributed by atoms with Crippen LogP contribution in [0.3, 0.4) is 0 Å². The van der Waals surface area contributed by atoms with Crippen molar-refractivity contribution in [2.24, 2.45) is 0 Å². The summed E-state index contributed by atoms with van der Waals surface area (Å²) in [5.41, 5.74) is 0. The summed E-state index contributed by atoms with van der Waals surface area (Å²) >= 11 is 0.